The van der Waals surface area contributed by atoms with E-state index in [1.54, 1.807) is 12.5 Å². The fraction of sp³-hybridized carbons (Fsp3) is 0.250. The second kappa shape index (κ2) is 5.43. The summed E-state index contributed by atoms with van der Waals surface area (Å²) in [5, 5.41) is 1.07. The van der Waals surface area contributed by atoms with E-state index in [-0.39, 0.29) is 0 Å². The van der Waals surface area contributed by atoms with E-state index < -0.39 is 0 Å². The molecule has 20 heavy (non-hydrogen) atoms. The predicted octanol–water partition coefficient (Wildman–Crippen LogP) is 3.03. The van der Waals surface area contributed by atoms with Crippen molar-refractivity contribution in [1.29, 1.82) is 0 Å². The highest BCUT2D eigenvalue weighted by Crippen LogP contribution is 2.28. The molecule has 4 nitrogen and oxygen atoms in total. The smallest absolute Gasteiger partial charge is 0.134 e. The van der Waals surface area contributed by atoms with Gasteiger partial charge in [0.15, 0.2) is 0 Å². The van der Waals surface area contributed by atoms with E-state index in [9.17, 15) is 0 Å². The Labute approximate surface area is 117 Å². The van der Waals surface area contributed by atoms with Gasteiger partial charge in [0.2, 0.25) is 0 Å². The van der Waals surface area contributed by atoms with Crippen molar-refractivity contribution in [2.75, 3.05) is 6.54 Å². The lowest BCUT2D eigenvalue weighted by atomic mass is 10.1. The van der Waals surface area contributed by atoms with Gasteiger partial charge in [-0.05, 0) is 24.6 Å². The molecule has 4 heteroatoms. The maximum absolute atomic E-state index is 5.66. The molecule has 2 aromatic heterocycles. The van der Waals surface area contributed by atoms with Gasteiger partial charge in [0.1, 0.15) is 17.7 Å². The van der Waals surface area contributed by atoms with Gasteiger partial charge in [0, 0.05) is 23.6 Å². The molecular weight excluding hydrogens is 250 g/mol. The minimum Gasteiger partial charge on any atom is -0.464 e. The topological polar surface area (TPSA) is 64.9 Å². The first-order chi connectivity index (χ1) is 9.78. The van der Waals surface area contributed by atoms with Crippen LogP contribution in [0.5, 0.6) is 0 Å². The molecule has 1 aromatic carbocycles. The fourth-order valence-electron chi connectivity index (χ4n) is 2.22. The molecular formula is C16H17N3O. The number of rotatable bonds is 4. The molecule has 0 saturated heterocycles. The molecule has 102 valence electrons. The van der Waals surface area contributed by atoms with E-state index in [0.717, 1.165) is 34.5 Å². The van der Waals surface area contributed by atoms with Crippen molar-refractivity contribution in [1.82, 2.24) is 9.97 Å². The molecule has 1 unspecified atom stereocenters. The summed E-state index contributed by atoms with van der Waals surface area (Å²) in [6.45, 7) is 2.74. The number of benzene rings is 1. The van der Waals surface area contributed by atoms with Crippen molar-refractivity contribution in [2.45, 2.75) is 13.3 Å². The van der Waals surface area contributed by atoms with E-state index in [0.29, 0.717) is 12.5 Å². The van der Waals surface area contributed by atoms with Crippen LogP contribution >= 0.6 is 0 Å². The van der Waals surface area contributed by atoms with Gasteiger partial charge in [-0.15, -0.1) is 0 Å². The summed E-state index contributed by atoms with van der Waals surface area (Å²) in [7, 11) is 0. The molecule has 3 rings (SSSR count). The molecule has 3 aromatic rings. The maximum Gasteiger partial charge on any atom is 0.134 e. The zero-order valence-corrected chi connectivity index (χ0v) is 11.4. The number of para-hydroxylation sites is 1. The van der Waals surface area contributed by atoms with Crippen molar-refractivity contribution in [3.05, 3.63) is 48.6 Å². The average Bonchev–Trinajstić information content (AvgIpc) is 2.91. The van der Waals surface area contributed by atoms with Crippen molar-refractivity contribution in [2.24, 2.45) is 11.7 Å². The number of furan rings is 1. The maximum atomic E-state index is 5.66. The zero-order valence-electron chi connectivity index (χ0n) is 11.4. The van der Waals surface area contributed by atoms with Gasteiger partial charge in [-0.3, -0.25) is 0 Å². The molecule has 0 aliphatic carbocycles. The minimum absolute atomic E-state index is 0.381. The van der Waals surface area contributed by atoms with Crippen LogP contribution in [0.3, 0.4) is 0 Å². The monoisotopic (exact) mass is 267 g/mol. The van der Waals surface area contributed by atoms with Gasteiger partial charge in [0.05, 0.1) is 5.69 Å². The van der Waals surface area contributed by atoms with E-state index >= 15 is 0 Å². The number of hydrogen-bond acceptors (Lipinski definition) is 4. The summed E-state index contributed by atoms with van der Waals surface area (Å²) in [5.74, 6) is 1.21. The number of hydrogen-bond donors (Lipinski definition) is 1. The van der Waals surface area contributed by atoms with Crippen LogP contribution in [-0.2, 0) is 6.42 Å². The third-order valence-corrected chi connectivity index (χ3v) is 3.40. The van der Waals surface area contributed by atoms with Crippen molar-refractivity contribution in [3.8, 4) is 11.3 Å². The van der Waals surface area contributed by atoms with Crippen LogP contribution in [0.25, 0.3) is 22.2 Å². The highest BCUT2D eigenvalue weighted by Gasteiger charge is 2.11. The number of fused-ring (bicyclic) bond motifs is 1. The van der Waals surface area contributed by atoms with E-state index in [4.69, 9.17) is 10.2 Å². The molecule has 0 aliphatic rings. The molecule has 0 fully saturated rings. The number of nitrogens with zero attached hydrogens (tertiary/aromatic N) is 2. The van der Waals surface area contributed by atoms with Crippen LogP contribution in [0.2, 0.25) is 0 Å². The molecule has 2 heterocycles. The highest BCUT2D eigenvalue weighted by molar-refractivity contribution is 5.92. The molecule has 0 aliphatic heterocycles. The average molecular weight is 267 g/mol. The highest BCUT2D eigenvalue weighted by atomic mass is 16.3. The Balaban J connectivity index is 2.00. The van der Waals surface area contributed by atoms with E-state index in [1.165, 1.54) is 0 Å². The van der Waals surface area contributed by atoms with E-state index in [1.807, 2.05) is 30.3 Å². The first-order valence-corrected chi connectivity index (χ1v) is 6.76. The van der Waals surface area contributed by atoms with Crippen LogP contribution in [0.15, 0.2) is 47.2 Å². The third-order valence-electron chi connectivity index (χ3n) is 3.40. The second-order valence-corrected chi connectivity index (χ2v) is 5.05. The third kappa shape index (κ3) is 2.42. The van der Waals surface area contributed by atoms with Crippen LogP contribution in [0, 0.1) is 5.92 Å². The second-order valence-electron chi connectivity index (χ2n) is 5.05. The largest absolute Gasteiger partial charge is 0.464 e. The van der Waals surface area contributed by atoms with Crippen LogP contribution < -0.4 is 5.73 Å². The van der Waals surface area contributed by atoms with Crippen molar-refractivity contribution >= 4 is 11.0 Å². The Morgan fingerprint density at radius 1 is 1.25 bits per heavy atom. The Morgan fingerprint density at radius 2 is 2.10 bits per heavy atom. The number of nitrogens with two attached hydrogens (primary N) is 1. The van der Waals surface area contributed by atoms with Gasteiger partial charge in [0.25, 0.3) is 0 Å². The standard InChI is InChI=1S/C16H17N3O/c1-11(9-17)8-16-18-7-6-14(19-16)13-10-20-15-5-3-2-4-12(13)15/h2-7,10-11H,8-9,17H2,1H3. The number of aromatic nitrogens is 2. The van der Waals surface area contributed by atoms with Gasteiger partial charge in [-0.2, -0.15) is 0 Å². The van der Waals surface area contributed by atoms with Gasteiger partial charge in [-0.25, -0.2) is 9.97 Å². The molecule has 0 bridgehead atoms. The zero-order chi connectivity index (χ0) is 13.9. The summed E-state index contributed by atoms with van der Waals surface area (Å²) in [4.78, 5) is 8.95. The molecule has 0 saturated carbocycles. The van der Waals surface area contributed by atoms with E-state index in [2.05, 4.69) is 16.9 Å². The molecule has 2 N–H and O–H groups in total. The lowest BCUT2D eigenvalue weighted by Gasteiger charge is -2.07. The molecule has 0 spiro atoms. The first-order valence-electron chi connectivity index (χ1n) is 6.76. The molecule has 1 atom stereocenters. The minimum atomic E-state index is 0.381. The summed E-state index contributed by atoms with van der Waals surface area (Å²) < 4.78 is 5.57. The predicted molar refractivity (Wildman–Crippen MR) is 79.2 cm³/mol. The lowest BCUT2D eigenvalue weighted by molar-refractivity contribution is 0.573. The van der Waals surface area contributed by atoms with Crippen molar-refractivity contribution in [3.63, 3.8) is 0 Å². The summed E-state index contributed by atoms with van der Waals surface area (Å²) in [6, 6.07) is 9.87. The summed E-state index contributed by atoms with van der Waals surface area (Å²) >= 11 is 0. The Kier molecular flexibility index (Phi) is 3.48. The SMILES string of the molecule is CC(CN)Cc1nccc(-c2coc3ccccc23)n1. The Morgan fingerprint density at radius 3 is 2.95 bits per heavy atom. The molecule has 0 amide bonds. The fourth-order valence-corrected chi connectivity index (χ4v) is 2.22. The van der Waals surface area contributed by atoms with Crippen LogP contribution in [-0.4, -0.2) is 16.5 Å². The lowest BCUT2D eigenvalue weighted by Crippen LogP contribution is -2.14. The first kappa shape index (κ1) is 12.8. The quantitative estimate of drug-likeness (QED) is 0.789. The van der Waals surface area contributed by atoms with Crippen LogP contribution in [0.4, 0.5) is 0 Å². The summed E-state index contributed by atoms with van der Waals surface area (Å²) in [6.07, 6.45) is 4.34. The molecule has 0 radical (unpaired) electrons. The van der Waals surface area contributed by atoms with Gasteiger partial charge < -0.3 is 10.2 Å². The summed E-state index contributed by atoms with van der Waals surface area (Å²) in [5.41, 5.74) is 8.43. The Hall–Kier alpha value is -2.20. The Bertz CT molecular complexity index is 720. The van der Waals surface area contributed by atoms with Crippen LogP contribution in [0.1, 0.15) is 12.7 Å². The normalized spacial score (nSPS) is 12.7. The van der Waals surface area contributed by atoms with Crippen molar-refractivity contribution < 1.29 is 4.42 Å². The van der Waals surface area contributed by atoms with Gasteiger partial charge >= 0.3 is 0 Å². The van der Waals surface area contributed by atoms with Gasteiger partial charge in [-0.1, -0.05) is 25.1 Å².